The first-order chi connectivity index (χ1) is 9.56. The van der Waals surface area contributed by atoms with E-state index in [9.17, 15) is 9.18 Å². The highest BCUT2D eigenvalue weighted by Gasteiger charge is 2.37. The van der Waals surface area contributed by atoms with Gasteiger partial charge in [0.1, 0.15) is 5.82 Å². The van der Waals surface area contributed by atoms with Crippen LogP contribution in [0.4, 0.5) is 4.39 Å². The van der Waals surface area contributed by atoms with Crippen molar-refractivity contribution < 1.29 is 13.9 Å². The van der Waals surface area contributed by atoms with E-state index in [0.717, 1.165) is 18.9 Å². The molecule has 5 heteroatoms. The molecule has 1 N–H and O–H groups in total. The van der Waals surface area contributed by atoms with Gasteiger partial charge in [-0.15, -0.1) is 0 Å². The number of carbonyl (C=O) groups excluding carboxylic acids is 1. The number of ether oxygens (including phenoxy) is 1. The Morgan fingerprint density at radius 3 is 2.80 bits per heavy atom. The summed E-state index contributed by atoms with van der Waals surface area (Å²) in [6.45, 7) is 3.88. The van der Waals surface area contributed by atoms with Crippen molar-refractivity contribution in [3.63, 3.8) is 0 Å². The first kappa shape index (κ1) is 15.3. The predicted octanol–water partition coefficient (Wildman–Crippen LogP) is 3.42. The highest BCUT2D eigenvalue weighted by atomic mass is 35.5. The van der Waals surface area contributed by atoms with Gasteiger partial charge in [0, 0.05) is 18.6 Å². The zero-order valence-electron chi connectivity index (χ0n) is 11.5. The van der Waals surface area contributed by atoms with Gasteiger partial charge in [-0.3, -0.25) is 4.79 Å². The van der Waals surface area contributed by atoms with E-state index in [1.807, 2.05) is 6.92 Å². The summed E-state index contributed by atoms with van der Waals surface area (Å²) in [7, 11) is 0. The van der Waals surface area contributed by atoms with E-state index in [1.165, 1.54) is 18.6 Å². The second kappa shape index (κ2) is 6.55. The van der Waals surface area contributed by atoms with Crippen molar-refractivity contribution in [2.75, 3.05) is 19.8 Å². The van der Waals surface area contributed by atoms with Crippen LogP contribution in [-0.2, 0) is 4.74 Å². The number of hydrogen-bond acceptors (Lipinski definition) is 2. The van der Waals surface area contributed by atoms with E-state index in [2.05, 4.69) is 5.32 Å². The first-order valence-electron chi connectivity index (χ1n) is 6.87. The van der Waals surface area contributed by atoms with Gasteiger partial charge in [-0.25, -0.2) is 4.39 Å². The van der Waals surface area contributed by atoms with Crippen molar-refractivity contribution in [3.05, 3.63) is 34.6 Å². The zero-order chi connectivity index (χ0) is 14.6. The van der Waals surface area contributed by atoms with Crippen molar-refractivity contribution in [1.82, 2.24) is 5.32 Å². The van der Waals surface area contributed by atoms with E-state index in [0.29, 0.717) is 25.3 Å². The Kier molecular flexibility index (Phi) is 5.00. The Bertz CT molecular complexity index is 489. The Hall–Kier alpha value is -1.13. The molecule has 0 unspecified atom stereocenters. The maximum absolute atomic E-state index is 13.0. The molecule has 1 aromatic carbocycles. The molecule has 0 aliphatic heterocycles. The molecule has 20 heavy (non-hydrogen) atoms. The number of halogens is 2. The van der Waals surface area contributed by atoms with Crippen LogP contribution < -0.4 is 5.32 Å². The quantitative estimate of drug-likeness (QED) is 0.874. The molecule has 110 valence electrons. The van der Waals surface area contributed by atoms with Crippen LogP contribution in [0.1, 0.15) is 36.5 Å². The molecular formula is C15H19ClFNO2. The summed E-state index contributed by atoms with van der Waals surface area (Å²) in [4.78, 5) is 12.1. The number of nitrogens with one attached hydrogen (secondary N) is 1. The van der Waals surface area contributed by atoms with Crippen molar-refractivity contribution >= 4 is 17.5 Å². The SMILES string of the molecule is CCOCC1(CNC(=O)c2ccc(F)cc2Cl)CCC1. The second-order valence-corrected chi connectivity index (χ2v) is 5.70. The fourth-order valence-electron chi connectivity index (χ4n) is 2.40. The number of carbonyl (C=O) groups is 1. The minimum absolute atomic E-state index is 0.0537. The molecule has 0 atom stereocenters. The first-order valence-corrected chi connectivity index (χ1v) is 7.25. The standard InChI is InChI=1S/C15H19ClFNO2/c1-2-20-10-15(6-3-7-15)9-18-14(19)12-5-4-11(17)8-13(12)16/h4-5,8H,2-3,6-7,9-10H2,1H3,(H,18,19). The predicted molar refractivity (Wildman–Crippen MR) is 76.5 cm³/mol. The normalized spacial score (nSPS) is 16.6. The van der Waals surface area contributed by atoms with E-state index in [-0.39, 0.29) is 16.3 Å². The number of rotatable bonds is 6. The monoisotopic (exact) mass is 299 g/mol. The molecule has 2 rings (SSSR count). The van der Waals surface area contributed by atoms with E-state index in [4.69, 9.17) is 16.3 Å². The van der Waals surface area contributed by atoms with Gasteiger partial charge in [-0.05, 0) is 38.0 Å². The maximum atomic E-state index is 13.0. The number of amides is 1. The third kappa shape index (κ3) is 3.49. The molecule has 1 amide bonds. The van der Waals surface area contributed by atoms with E-state index in [1.54, 1.807) is 0 Å². The third-order valence-electron chi connectivity index (χ3n) is 3.83. The molecule has 3 nitrogen and oxygen atoms in total. The second-order valence-electron chi connectivity index (χ2n) is 5.30. The molecule has 0 saturated heterocycles. The molecule has 1 aliphatic rings. The summed E-state index contributed by atoms with van der Waals surface area (Å²) in [5.41, 5.74) is 0.358. The lowest BCUT2D eigenvalue weighted by atomic mass is 9.69. The largest absolute Gasteiger partial charge is 0.381 e. The Balaban J connectivity index is 1.94. The molecule has 0 bridgehead atoms. The summed E-state index contributed by atoms with van der Waals surface area (Å²) in [6.07, 6.45) is 3.29. The van der Waals surface area contributed by atoms with Crippen LogP contribution >= 0.6 is 11.6 Å². The number of hydrogen-bond donors (Lipinski definition) is 1. The lowest BCUT2D eigenvalue weighted by Crippen LogP contribution is -2.45. The van der Waals surface area contributed by atoms with Crippen LogP contribution in [0.2, 0.25) is 5.02 Å². The lowest BCUT2D eigenvalue weighted by molar-refractivity contribution is -0.000181. The molecule has 0 aromatic heterocycles. The summed E-state index contributed by atoms with van der Waals surface area (Å²) >= 11 is 5.88. The van der Waals surface area contributed by atoms with Crippen molar-refractivity contribution in [3.8, 4) is 0 Å². The van der Waals surface area contributed by atoms with Crippen LogP contribution in [0.15, 0.2) is 18.2 Å². The number of benzene rings is 1. The van der Waals surface area contributed by atoms with Gasteiger partial charge in [0.25, 0.3) is 5.91 Å². The molecule has 1 fully saturated rings. The molecule has 0 radical (unpaired) electrons. The molecule has 0 heterocycles. The summed E-state index contributed by atoms with van der Waals surface area (Å²) < 4.78 is 18.4. The Morgan fingerprint density at radius 2 is 2.25 bits per heavy atom. The van der Waals surface area contributed by atoms with Crippen LogP contribution in [0.25, 0.3) is 0 Å². The molecule has 1 saturated carbocycles. The fraction of sp³-hybridized carbons (Fsp3) is 0.533. The van der Waals surface area contributed by atoms with Crippen molar-refractivity contribution in [1.29, 1.82) is 0 Å². The minimum Gasteiger partial charge on any atom is -0.381 e. The highest BCUT2D eigenvalue weighted by Crippen LogP contribution is 2.40. The average molecular weight is 300 g/mol. The van der Waals surface area contributed by atoms with Crippen LogP contribution in [0.5, 0.6) is 0 Å². The summed E-state index contributed by atoms with van der Waals surface area (Å²) in [5, 5.41) is 3.02. The van der Waals surface area contributed by atoms with Crippen LogP contribution in [-0.4, -0.2) is 25.7 Å². The maximum Gasteiger partial charge on any atom is 0.252 e. The highest BCUT2D eigenvalue weighted by molar-refractivity contribution is 6.33. The topological polar surface area (TPSA) is 38.3 Å². The van der Waals surface area contributed by atoms with Gasteiger partial charge in [0.2, 0.25) is 0 Å². The fourth-order valence-corrected chi connectivity index (χ4v) is 2.66. The summed E-state index contributed by atoms with van der Waals surface area (Å²) in [5.74, 6) is -0.712. The van der Waals surface area contributed by atoms with Gasteiger partial charge in [-0.1, -0.05) is 18.0 Å². The van der Waals surface area contributed by atoms with Gasteiger partial charge >= 0.3 is 0 Å². The lowest BCUT2D eigenvalue weighted by Gasteiger charge is -2.41. The van der Waals surface area contributed by atoms with E-state index >= 15 is 0 Å². The van der Waals surface area contributed by atoms with Gasteiger partial charge in [0.05, 0.1) is 17.2 Å². The summed E-state index contributed by atoms with van der Waals surface area (Å²) in [6, 6.07) is 3.79. The average Bonchev–Trinajstić information content (AvgIpc) is 2.37. The zero-order valence-corrected chi connectivity index (χ0v) is 12.3. The molecule has 1 aromatic rings. The molecule has 1 aliphatic carbocycles. The van der Waals surface area contributed by atoms with Gasteiger partial charge in [-0.2, -0.15) is 0 Å². The van der Waals surface area contributed by atoms with Gasteiger partial charge < -0.3 is 10.1 Å². The van der Waals surface area contributed by atoms with Crippen LogP contribution in [0, 0.1) is 11.2 Å². The van der Waals surface area contributed by atoms with E-state index < -0.39 is 5.82 Å². The minimum atomic E-state index is -0.446. The molecule has 0 spiro atoms. The third-order valence-corrected chi connectivity index (χ3v) is 4.14. The van der Waals surface area contributed by atoms with Gasteiger partial charge in [0.15, 0.2) is 0 Å². The Morgan fingerprint density at radius 1 is 1.50 bits per heavy atom. The molecular weight excluding hydrogens is 281 g/mol. The van der Waals surface area contributed by atoms with Crippen LogP contribution in [0.3, 0.4) is 0 Å². The smallest absolute Gasteiger partial charge is 0.252 e. The van der Waals surface area contributed by atoms with Crippen molar-refractivity contribution in [2.45, 2.75) is 26.2 Å². The van der Waals surface area contributed by atoms with Crippen molar-refractivity contribution in [2.24, 2.45) is 5.41 Å². The Labute approximate surface area is 123 Å².